The lowest BCUT2D eigenvalue weighted by atomic mass is 10.1. The predicted molar refractivity (Wildman–Crippen MR) is 66.8 cm³/mol. The number of carbonyl (C=O) groups excluding carboxylic acids is 1. The Morgan fingerprint density at radius 1 is 1.53 bits per heavy atom. The minimum Gasteiger partial charge on any atom is -0.507 e. The van der Waals surface area contributed by atoms with Crippen LogP contribution in [0.15, 0.2) is 24.5 Å². The van der Waals surface area contributed by atoms with Gasteiger partial charge in [0.2, 0.25) is 0 Å². The number of ether oxygens (including phenoxy) is 1. The van der Waals surface area contributed by atoms with Crippen LogP contribution in [0, 0.1) is 0 Å². The van der Waals surface area contributed by atoms with Gasteiger partial charge in [-0.05, 0) is 12.1 Å². The number of aromatic nitrogens is 3. The summed E-state index contributed by atoms with van der Waals surface area (Å²) < 4.78 is 4.97. The number of hydrogen-bond donors (Lipinski definition) is 2. The molecule has 100 valence electrons. The number of H-pyrrole nitrogens is 1. The van der Waals surface area contributed by atoms with Crippen molar-refractivity contribution in [2.24, 2.45) is 0 Å². The van der Waals surface area contributed by atoms with E-state index in [-0.39, 0.29) is 23.8 Å². The number of amides is 1. The maximum absolute atomic E-state index is 12.2. The van der Waals surface area contributed by atoms with Crippen LogP contribution in [0.2, 0.25) is 0 Å². The summed E-state index contributed by atoms with van der Waals surface area (Å²) >= 11 is 0. The van der Waals surface area contributed by atoms with Gasteiger partial charge in [-0.25, -0.2) is 4.98 Å². The quantitative estimate of drug-likeness (QED) is 0.850. The normalized spacial score (nSPS) is 10.2. The van der Waals surface area contributed by atoms with E-state index in [1.807, 2.05) is 0 Å². The SMILES string of the molecule is COc1ccc(C(=O)N(C)Cc2ncn[nH]2)c(O)c1. The highest BCUT2D eigenvalue weighted by Crippen LogP contribution is 2.24. The van der Waals surface area contributed by atoms with Gasteiger partial charge in [0.15, 0.2) is 0 Å². The zero-order valence-corrected chi connectivity index (χ0v) is 10.6. The molecule has 7 heteroatoms. The van der Waals surface area contributed by atoms with Gasteiger partial charge in [-0.2, -0.15) is 5.10 Å². The van der Waals surface area contributed by atoms with Crippen molar-refractivity contribution in [1.29, 1.82) is 0 Å². The summed E-state index contributed by atoms with van der Waals surface area (Å²) in [4.78, 5) is 17.5. The maximum atomic E-state index is 12.2. The Bertz CT molecular complexity index is 568. The number of nitrogens with zero attached hydrogens (tertiary/aromatic N) is 3. The Morgan fingerprint density at radius 2 is 2.32 bits per heavy atom. The van der Waals surface area contributed by atoms with E-state index in [0.717, 1.165) is 0 Å². The van der Waals surface area contributed by atoms with Crippen molar-refractivity contribution in [3.8, 4) is 11.5 Å². The zero-order chi connectivity index (χ0) is 13.8. The second-order valence-corrected chi connectivity index (χ2v) is 3.98. The van der Waals surface area contributed by atoms with E-state index in [1.165, 1.54) is 30.5 Å². The lowest BCUT2D eigenvalue weighted by molar-refractivity contribution is 0.0778. The third-order valence-electron chi connectivity index (χ3n) is 2.63. The van der Waals surface area contributed by atoms with Crippen molar-refractivity contribution in [3.05, 3.63) is 35.9 Å². The Kier molecular flexibility index (Phi) is 3.65. The van der Waals surface area contributed by atoms with Gasteiger partial charge in [0, 0.05) is 13.1 Å². The van der Waals surface area contributed by atoms with Gasteiger partial charge >= 0.3 is 0 Å². The molecule has 0 saturated heterocycles. The first kappa shape index (κ1) is 12.9. The molecule has 1 heterocycles. The minimum absolute atomic E-state index is 0.117. The van der Waals surface area contributed by atoms with Crippen LogP contribution in [-0.2, 0) is 6.54 Å². The van der Waals surface area contributed by atoms with Crippen LogP contribution in [0.4, 0.5) is 0 Å². The highest BCUT2D eigenvalue weighted by atomic mass is 16.5. The molecule has 0 aliphatic heterocycles. The van der Waals surface area contributed by atoms with Gasteiger partial charge in [0.25, 0.3) is 5.91 Å². The molecule has 0 spiro atoms. The molecule has 2 rings (SSSR count). The van der Waals surface area contributed by atoms with Gasteiger partial charge in [0.1, 0.15) is 23.7 Å². The van der Waals surface area contributed by atoms with Crippen LogP contribution in [0.3, 0.4) is 0 Å². The molecule has 0 radical (unpaired) electrons. The summed E-state index contributed by atoms with van der Waals surface area (Å²) in [7, 11) is 3.11. The van der Waals surface area contributed by atoms with Crippen LogP contribution in [0.5, 0.6) is 11.5 Å². The Hall–Kier alpha value is -2.57. The summed E-state index contributed by atoms with van der Waals surface area (Å²) in [6, 6.07) is 4.54. The van der Waals surface area contributed by atoms with E-state index < -0.39 is 0 Å². The maximum Gasteiger partial charge on any atom is 0.257 e. The van der Waals surface area contributed by atoms with Crippen LogP contribution in [0.1, 0.15) is 16.2 Å². The van der Waals surface area contributed by atoms with Crippen LogP contribution < -0.4 is 4.74 Å². The van der Waals surface area contributed by atoms with Crippen molar-refractivity contribution in [1.82, 2.24) is 20.1 Å². The van der Waals surface area contributed by atoms with E-state index in [4.69, 9.17) is 4.74 Å². The highest BCUT2D eigenvalue weighted by molar-refractivity contribution is 5.96. The average Bonchev–Trinajstić information content (AvgIpc) is 2.90. The van der Waals surface area contributed by atoms with Gasteiger partial charge < -0.3 is 14.7 Å². The van der Waals surface area contributed by atoms with E-state index in [1.54, 1.807) is 13.1 Å². The molecular formula is C12H14N4O3. The van der Waals surface area contributed by atoms with E-state index in [2.05, 4.69) is 15.2 Å². The number of phenols is 1. The van der Waals surface area contributed by atoms with Crippen molar-refractivity contribution in [2.45, 2.75) is 6.54 Å². The molecule has 2 aromatic rings. The fourth-order valence-corrected chi connectivity index (χ4v) is 1.63. The molecule has 0 atom stereocenters. The first-order valence-corrected chi connectivity index (χ1v) is 5.58. The summed E-state index contributed by atoms with van der Waals surface area (Å²) in [6.45, 7) is 0.282. The van der Waals surface area contributed by atoms with Crippen LogP contribution >= 0.6 is 0 Å². The Morgan fingerprint density at radius 3 is 2.89 bits per heavy atom. The zero-order valence-electron chi connectivity index (χ0n) is 10.6. The fourth-order valence-electron chi connectivity index (χ4n) is 1.63. The number of rotatable bonds is 4. The van der Waals surface area contributed by atoms with Crippen molar-refractivity contribution < 1.29 is 14.6 Å². The largest absolute Gasteiger partial charge is 0.507 e. The highest BCUT2D eigenvalue weighted by Gasteiger charge is 2.17. The molecular weight excluding hydrogens is 248 g/mol. The topological polar surface area (TPSA) is 91.3 Å². The van der Waals surface area contributed by atoms with Gasteiger partial charge in [-0.1, -0.05) is 0 Å². The molecule has 19 heavy (non-hydrogen) atoms. The second kappa shape index (κ2) is 5.38. The number of aromatic hydroxyl groups is 1. The predicted octanol–water partition coefficient (Wildman–Crippen LogP) is 0.791. The molecule has 1 aromatic heterocycles. The van der Waals surface area contributed by atoms with Crippen molar-refractivity contribution >= 4 is 5.91 Å². The molecule has 1 amide bonds. The molecule has 2 N–H and O–H groups in total. The van der Waals surface area contributed by atoms with Crippen LogP contribution in [0.25, 0.3) is 0 Å². The van der Waals surface area contributed by atoms with Crippen LogP contribution in [-0.4, -0.2) is 45.3 Å². The molecule has 1 aromatic carbocycles. The van der Waals surface area contributed by atoms with Gasteiger partial charge in [-0.15, -0.1) is 0 Å². The third kappa shape index (κ3) is 2.82. The van der Waals surface area contributed by atoms with E-state index >= 15 is 0 Å². The van der Waals surface area contributed by atoms with Gasteiger partial charge in [0.05, 0.1) is 19.2 Å². The Labute approximate surface area is 109 Å². The second-order valence-electron chi connectivity index (χ2n) is 3.98. The van der Waals surface area contributed by atoms with Crippen molar-refractivity contribution in [2.75, 3.05) is 14.2 Å². The minimum atomic E-state index is -0.309. The molecule has 0 unspecified atom stereocenters. The van der Waals surface area contributed by atoms with E-state index in [9.17, 15) is 9.90 Å². The number of carbonyl (C=O) groups is 1. The summed E-state index contributed by atoms with van der Waals surface area (Å²) in [5, 5.41) is 16.2. The molecule has 7 nitrogen and oxygen atoms in total. The van der Waals surface area contributed by atoms with E-state index in [0.29, 0.717) is 11.6 Å². The molecule has 0 bridgehead atoms. The number of hydrogen-bond acceptors (Lipinski definition) is 5. The van der Waals surface area contributed by atoms with Gasteiger partial charge in [-0.3, -0.25) is 9.89 Å². The summed E-state index contributed by atoms with van der Waals surface area (Å²) in [6.07, 6.45) is 1.37. The summed E-state index contributed by atoms with van der Waals surface area (Å²) in [5.74, 6) is 0.640. The standard InChI is InChI=1S/C12H14N4O3/c1-16(6-11-13-7-14-15-11)12(18)9-4-3-8(19-2)5-10(9)17/h3-5,7,17H,6H2,1-2H3,(H,13,14,15). The smallest absolute Gasteiger partial charge is 0.257 e. The Balaban J connectivity index is 2.14. The van der Waals surface area contributed by atoms with Crippen molar-refractivity contribution in [3.63, 3.8) is 0 Å². The number of aromatic amines is 1. The summed E-state index contributed by atoms with van der Waals surface area (Å²) in [5.41, 5.74) is 0.211. The fraction of sp³-hybridized carbons (Fsp3) is 0.250. The average molecular weight is 262 g/mol. The first-order valence-electron chi connectivity index (χ1n) is 5.58. The number of benzene rings is 1. The number of methoxy groups -OCH3 is 1. The lowest BCUT2D eigenvalue weighted by Gasteiger charge is -2.16. The number of phenolic OH excluding ortho intramolecular Hbond substituents is 1. The first-order chi connectivity index (χ1) is 9.11. The molecule has 0 aliphatic rings. The molecule has 0 fully saturated rings. The third-order valence-corrected chi connectivity index (χ3v) is 2.63. The molecule has 0 saturated carbocycles. The lowest BCUT2D eigenvalue weighted by Crippen LogP contribution is -2.26. The number of nitrogens with one attached hydrogen (secondary N) is 1. The monoisotopic (exact) mass is 262 g/mol. The molecule has 0 aliphatic carbocycles.